The van der Waals surface area contributed by atoms with Crippen LogP contribution >= 0.6 is 12.4 Å². The van der Waals surface area contributed by atoms with Crippen LogP contribution in [-0.4, -0.2) is 36.6 Å². The largest absolute Gasteiger partial charge is 0.496 e. The van der Waals surface area contributed by atoms with E-state index in [2.05, 4.69) is 16.3 Å². The summed E-state index contributed by atoms with van der Waals surface area (Å²) in [5, 5.41) is 14.4. The highest BCUT2D eigenvalue weighted by Gasteiger charge is 2.26. The minimum Gasteiger partial charge on any atom is -0.496 e. The van der Waals surface area contributed by atoms with Gasteiger partial charge in [0.15, 0.2) is 0 Å². The van der Waals surface area contributed by atoms with Crippen LogP contribution in [0.25, 0.3) is 0 Å². The maximum absolute atomic E-state index is 10.9. The van der Waals surface area contributed by atoms with Crippen LogP contribution in [0, 0.1) is 17.0 Å². The zero-order valence-electron chi connectivity index (χ0n) is 15.0. The van der Waals surface area contributed by atoms with Gasteiger partial charge in [-0.1, -0.05) is 24.3 Å². The van der Waals surface area contributed by atoms with Crippen molar-refractivity contribution in [1.82, 2.24) is 10.2 Å². The molecule has 0 radical (unpaired) electrons. The number of ether oxygens (including phenoxy) is 1. The predicted molar refractivity (Wildman–Crippen MR) is 104 cm³/mol. The molecule has 1 saturated heterocycles. The minimum atomic E-state index is -0.348. The molecule has 2 aromatic rings. The molecule has 0 spiro atoms. The van der Waals surface area contributed by atoms with Gasteiger partial charge in [0.25, 0.3) is 5.69 Å². The van der Waals surface area contributed by atoms with Crippen molar-refractivity contribution in [2.75, 3.05) is 26.7 Å². The van der Waals surface area contributed by atoms with E-state index in [4.69, 9.17) is 4.74 Å². The fraction of sp³-hybridized carbons (Fsp3) is 0.368. The van der Waals surface area contributed by atoms with E-state index in [0.29, 0.717) is 0 Å². The van der Waals surface area contributed by atoms with Crippen molar-refractivity contribution < 1.29 is 9.66 Å². The third-order valence-corrected chi connectivity index (χ3v) is 4.76. The van der Waals surface area contributed by atoms with Crippen molar-refractivity contribution >= 4 is 18.1 Å². The Morgan fingerprint density at radius 3 is 2.77 bits per heavy atom. The molecule has 1 aliphatic rings. The molecule has 0 aliphatic carbocycles. The van der Waals surface area contributed by atoms with Gasteiger partial charge in [0.2, 0.25) is 0 Å². The van der Waals surface area contributed by atoms with Gasteiger partial charge in [0.05, 0.1) is 18.1 Å². The van der Waals surface area contributed by atoms with Crippen LogP contribution in [-0.2, 0) is 6.54 Å². The molecule has 1 atom stereocenters. The van der Waals surface area contributed by atoms with Crippen molar-refractivity contribution in [2.24, 2.45) is 0 Å². The Labute approximate surface area is 159 Å². The third-order valence-electron chi connectivity index (χ3n) is 4.76. The number of methoxy groups -OCH3 is 1. The maximum Gasteiger partial charge on any atom is 0.269 e. The molecular formula is C19H24ClN3O3. The number of non-ortho nitro benzene ring substituents is 1. The van der Waals surface area contributed by atoms with Gasteiger partial charge in [-0.05, 0) is 24.1 Å². The summed E-state index contributed by atoms with van der Waals surface area (Å²) in [6.45, 7) is 5.39. The monoisotopic (exact) mass is 377 g/mol. The molecule has 26 heavy (non-hydrogen) atoms. The average molecular weight is 378 g/mol. The highest BCUT2D eigenvalue weighted by molar-refractivity contribution is 5.85. The number of nitrogens with one attached hydrogen (secondary N) is 1. The van der Waals surface area contributed by atoms with E-state index in [1.807, 2.05) is 31.2 Å². The van der Waals surface area contributed by atoms with E-state index < -0.39 is 0 Å². The molecule has 1 fully saturated rings. The zero-order chi connectivity index (χ0) is 17.8. The number of nitro benzene ring substituents is 1. The molecule has 0 aromatic heterocycles. The summed E-state index contributed by atoms with van der Waals surface area (Å²) in [5.74, 6) is 0.890. The second-order valence-corrected chi connectivity index (χ2v) is 6.30. The van der Waals surface area contributed by atoms with Gasteiger partial charge in [0.1, 0.15) is 5.75 Å². The Morgan fingerprint density at radius 1 is 1.31 bits per heavy atom. The second kappa shape index (κ2) is 8.98. The van der Waals surface area contributed by atoms with Crippen LogP contribution in [0.15, 0.2) is 42.5 Å². The molecule has 1 heterocycles. The van der Waals surface area contributed by atoms with Crippen LogP contribution in [0.1, 0.15) is 22.7 Å². The minimum absolute atomic E-state index is 0. The van der Waals surface area contributed by atoms with Gasteiger partial charge in [-0.25, -0.2) is 0 Å². The number of hydrogen-bond acceptors (Lipinski definition) is 5. The number of hydrogen-bond donors (Lipinski definition) is 1. The molecule has 3 rings (SSSR count). The SMILES string of the molecule is COc1ccccc1C1CNCCN1Cc1ccc([N+](=O)[O-])cc1C.Cl. The molecule has 7 heteroatoms. The molecule has 6 nitrogen and oxygen atoms in total. The lowest BCUT2D eigenvalue weighted by Gasteiger charge is -2.37. The van der Waals surface area contributed by atoms with Crippen molar-refractivity contribution in [2.45, 2.75) is 19.5 Å². The van der Waals surface area contributed by atoms with E-state index in [0.717, 1.165) is 48.6 Å². The summed E-state index contributed by atoms with van der Waals surface area (Å²) in [5.41, 5.74) is 3.37. The summed E-state index contributed by atoms with van der Waals surface area (Å²) in [7, 11) is 1.69. The number of benzene rings is 2. The number of nitro groups is 1. The molecule has 1 aliphatic heterocycles. The summed E-state index contributed by atoms with van der Waals surface area (Å²) in [4.78, 5) is 13.0. The number of aryl methyl sites for hydroxylation is 1. The van der Waals surface area contributed by atoms with Gasteiger partial charge in [-0.2, -0.15) is 0 Å². The second-order valence-electron chi connectivity index (χ2n) is 6.30. The van der Waals surface area contributed by atoms with Crippen LogP contribution in [0.5, 0.6) is 5.75 Å². The van der Waals surface area contributed by atoms with Gasteiger partial charge in [0, 0.05) is 43.9 Å². The standard InChI is InChI=1S/C19H23N3O3.ClH/c1-14-11-16(22(23)24)8-7-15(14)13-21-10-9-20-12-18(21)17-5-3-4-6-19(17)25-2;/h3-8,11,18,20H,9-10,12-13H2,1-2H3;1H. The summed E-state index contributed by atoms with van der Waals surface area (Å²) >= 11 is 0. The van der Waals surface area contributed by atoms with Gasteiger partial charge >= 0.3 is 0 Å². The first kappa shape index (κ1) is 20.2. The third kappa shape index (κ3) is 4.33. The first-order valence-electron chi connectivity index (χ1n) is 8.41. The molecule has 2 aromatic carbocycles. The number of halogens is 1. The molecular weight excluding hydrogens is 354 g/mol. The molecule has 0 bridgehead atoms. The summed E-state index contributed by atoms with van der Waals surface area (Å²) in [6.07, 6.45) is 0. The molecule has 1 N–H and O–H groups in total. The first-order chi connectivity index (χ1) is 12.1. The molecule has 140 valence electrons. The summed E-state index contributed by atoms with van der Waals surface area (Å²) < 4.78 is 5.53. The van der Waals surface area contributed by atoms with E-state index in [-0.39, 0.29) is 29.1 Å². The number of piperazine rings is 1. The topological polar surface area (TPSA) is 67.6 Å². The van der Waals surface area contributed by atoms with Gasteiger partial charge in [-0.15, -0.1) is 12.4 Å². The Balaban J connectivity index is 0.00000243. The Hall–Kier alpha value is -2.15. The smallest absolute Gasteiger partial charge is 0.269 e. The number of rotatable bonds is 5. The number of nitrogens with zero attached hydrogens (tertiary/aromatic N) is 2. The summed E-state index contributed by atoms with van der Waals surface area (Å²) in [6, 6.07) is 13.4. The molecule has 0 saturated carbocycles. The zero-order valence-corrected chi connectivity index (χ0v) is 15.8. The fourth-order valence-corrected chi connectivity index (χ4v) is 3.37. The maximum atomic E-state index is 10.9. The Morgan fingerprint density at radius 2 is 2.08 bits per heavy atom. The Bertz CT molecular complexity index is 769. The van der Waals surface area contributed by atoms with Gasteiger partial charge < -0.3 is 10.1 Å². The van der Waals surface area contributed by atoms with Crippen LogP contribution in [0.2, 0.25) is 0 Å². The van der Waals surface area contributed by atoms with Crippen LogP contribution < -0.4 is 10.1 Å². The van der Waals surface area contributed by atoms with E-state index in [1.54, 1.807) is 19.2 Å². The Kier molecular flexibility index (Phi) is 6.97. The van der Waals surface area contributed by atoms with Crippen molar-refractivity contribution in [3.63, 3.8) is 0 Å². The fourth-order valence-electron chi connectivity index (χ4n) is 3.37. The van der Waals surface area contributed by atoms with Crippen molar-refractivity contribution in [3.05, 3.63) is 69.3 Å². The number of para-hydroxylation sites is 1. The van der Waals surface area contributed by atoms with Crippen LogP contribution in [0.4, 0.5) is 5.69 Å². The molecule has 0 amide bonds. The van der Waals surface area contributed by atoms with Crippen molar-refractivity contribution in [1.29, 1.82) is 0 Å². The quantitative estimate of drug-likeness (QED) is 0.638. The predicted octanol–water partition coefficient (Wildman–Crippen LogP) is 3.48. The highest BCUT2D eigenvalue weighted by Crippen LogP contribution is 2.31. The lowest BCUT2D eigenvalue weighted by molar-refractivity contribution is -0.384. The first-order valence-corrected chi connectivity index (χ1v) is 8.41. The lowest BCUT2D eigenvalue weighted by Crippen LogP contribution is -2.45. The highest BCUT2D eigenvalue weighted by atomic mass is 35.5. The van der Waals surface area contributed by atoms with E-state index in [9.17, 15) is 10.1 Å². The lowest BCUT2D eigenvalue weighted by atomic mass is 10.00. The molecule has 1 unspecified atom stereocenters. The average Bonchev–Trinajstić information content (AvgIpc) is 2.63. The van der Waals surface area contributed by atoms with Gasteiger partial charge in [-0.3, -0.25) is 15.0 Å². The van der Waals surface area contributed by atoms with E-state index in [1.165, 1.54) is 0 Å². The van der Waals surface area contributed by atoms with E-state index >= 15 is 0 Å². The van der Waals surface area contributed by atoms with Crippen LogP contribution in [0.3, 0.4) is 0 Å². The van der Waals surface area contributed by atoms with Crippen molar-refractivity contribution in [3.8, 4) is 5.75 Å². The normalized spacial score (nSPS) is 17.4.